The van der Waals surface area contributed by atoms with Gasteiger partial charge in [-0.25, -0.2) is 4.39 Å². The van der Waals surface area contributed by atoms with Crippen molar-refractivity contribution in [2.45, 2.75) is 0 Å². The fourth-order valence-corrected chi connectivity index (χ4v) is 4.14. The number of halogens is 1. The van der Waals surface area contributed by atoms with Crippen molar-refractivity contribution in [3.63, 3.8) is 0 Å². The van der Waals surface area contributed by atoms with Crippen molar-refractivity contribution in [1.29, 1.82) is 0 Å². The third kappa shape index (κ3) is 3.25. The third-order valence-electron chi connectivity index (χ3n) is 5.62. The molecular formula is C25H17FN6O. The molecule has 0 bridgehead atoms. The Kier molecular flexibility index (Phi) is 4.13. The van der Waals surface area contributed by atoms with Gasteiger partial charge in [0.25, 0.3) is 0 Å². The zero-order chi connectivity index (χ0) is 22.5. The van der Waals surface area contributed by atoms with Gasteiger partial charge in [0.15, 0.2) is 0 Å². The van der Waals surface area contributed by atoms with Crippen LogP contribution in [0.15, 0.2) is 73.2 Å². The number of aromatic hydroxyl groups is 1. The molecule has 7 nitrogen and oxygen atoms in total. The Labute approximate surface area is 186 Å². The summed E-state index contributed by atoms with van der Waals surface area (Å²) < 4.78 is 13.9. The van der Waals surface area contributed by atoms with Gasteiger partial charge in [0.1, 0.15) is 17.3 Å². The zero-order valence-electron chi connectivity index (χ0n) is 17.2. The summed E-state index contributed by atoms with van der Waals surface area (Å²) in [5, 5.41) is 19.2. The molecule has 6 aromatic rings. The molecule has 5 N–H and O–H groups in total. The summed E-state index contributed by atoms with van der Waals surface area (Å²) >= 11 is 0. The highest BCUT2D eigenvalue weighted by Crippen LogP contribution is 2.36. The summed E-state index contributed by atoms with van der Waals surface area (Å²) in [7, 11) is 0. The van der Waals surface area contributed by atoms with Crippen LogP contribution >= 0.6 is 0 Å². The minimum absolute atomic E-state index is 0.118. The molecule has 0 amide bonds. The van der Waals surface area contributed by atoms with Gasteiger partial charge in [-0.15, -0.1) is 0 Å². The first-order chi connectivity index (χ1) is 16.0. The Hall–Kier alpha value is -4.72. The number of hydrogen-bond acceptors (Lipinski definition) is 5. The lowest BCUT2D eigenvalue weighted by Gasteiger charge is -2.05. The van der Waals surface area contributed by atoms with Gasteiger partial charge in [-0.1, -0.05) is 12.1 Å². The van der Waals surface area contributed by atoms with E-state index >= 15 is 0 Å². The van der Waals surface area contributed by atoms with Crippen LogP contribution in [-0.4, -0.2) is 30.3 Å². The molecule has 0 aliphatic carbocycles. The van der Waals surface area contributed by atoms with Crippen LogP contribution in [0.5, 0.6) is 5.75 Å². The molecular weight excluding hydrogens is 419 g/mol. The standard InChI is InChI=1S/C25H17FN6O/c26-15-4-13(6-17(33)7-15)18-2-1-3-21-19(18)8-23(30-21)25-20-9-22(29-12-24(20)31-32-25)14-5-16(27)11-28-10-14/h1-12,30,33H,27H2,(H,31,32). The van der Waals surface area contributed by atoms with Gasteiger partial charge >= 0.3 is 0 Å². The molecule has 0 fully saturated rings. The zero-order valence-corrected chi connectivity index (χ0v) is 17.2. The number of rotatable bonds is 3. The quantitative estimate of drug-likeness (QED) is 0.302. The number of aromatic nitrogens is 5. The second-order valence-corrected chi connectivity index (χ2v) is 7.84. The van der Waals surface area contributed by atoms with Crippen molar-refractivity contribution in [3.8, 4) is 39.5 Å². The smallest absolute Gasteiger partial charge is 0.127 e. The topological polar surface area (TPSA) is 117 Å². The van der Waals surface area contributed by atoms with E-state index in [1.165, 1.54) is 6.07 Å². The molecule has 4 aromatic heterocycles. The molecule has 0 spiro atoms. The van der Waals surface area contributed by atoms with E-state index in [4.69, 9.17) is 5.73 Å². The number of phenolic OH excluding ortho intramolecular Hbond substituents is 1. The number of nitrogens with zero attached hydrogens (tertiary/aromatic N) is 3. The highest BCUT2D eigenvalue weighted by Gasteiger charge is 2.15. The molecule has 0 saturated carbocycles. The van der Waals surface area contributed by atoms with E-state index in [0.29, 0.717) is 11.3 Å². The van der Waals surface area contributed by atoms with Crippen LogP contribution in [0.4, 0.5) is 10.1 Å². The van der Waals surface area contributed by atoms with Crippen molar-refractivity contribution in [2.75, 3.05) is 5.73 Å². The molecule has 4 heterocycles. The first-order valence-corrected chi connectivity index (χ1v) is 10.2. The lowest BCUT2D eigenvalue weighted by molar-refractivity contribution is 0.469. The van der Waals surface area contributed by atoms with E-state index in [2.05, 4.69) is 25.1 Å². The van der Waals surface area contributed by atoms with Gasteiger partial charge in [-0.3, -0.25) is 15.1 Å². The molecule has 0 atom stereocenters. The first kappa shape index (κ1) is 19.0. The van der Waals surface area contributed by atoms with Crippen LogP contribution < -0.4 is 5.73 Å². The van der Waals surface area contributed by atoms with E-state index in [1.54, 1.807) is 24.7 Å². The van der Waals surface area contributed by atoms with Gasteiger partial charge in [-0.2, -0.15) is 5.10 Å². The van der Waals surface area contributed by atoms with Crippen molar-refractivity contribution in [3.05, 3.63) is 79.0 Å². The van der Waals surface area contributed by atoms with Crippen molar-refractivity contribution < 1.29 is 9.50 Å². The number of H-pyrrole nitrogens is 2. The first-order valence-electron chi connectivity index (χ1n) is 10.2. The molecule has 33 heavy (non-hydrogen) atoms. The Balaban J connectivity index is 1.51. The molecule has 0 unspecified atom stereocenters. The summed E-state index contributed by atoms with van der Waals surface area (Å²) in [4.78, 5) is 12.1. The summed E-state index contributed by atoms with van der Waals surface area (Å²) in [6, 6.07) is 15.5. The lowest BCUT2D eigenvalue weighted by Crippen LogP contribution is -1.89. The van der Waals surface area contributed by atoms with E-state index in [9.17, 15) is 9.50 Å². The second kappa shape index (κ2) is 7.16. The number of hydrogen-bond donors (Lipinski definition) is 4. The van der Waals surface area contributed by atoms with Crippen LogP contribution in [0, 0.1) is 5.82 Å². The molecule has 160 valence electrons. The van der Waals surface area contributed by atoms with E-state index in [-0.39, 0.29) is 5.75 Å². The number of nitrogens with two attached hydrogens (primary N) is 1. The fourth-order valence-electron chi connectivity index (χ4n) is 4.14. The minimum Gasteiger partial charge on any atom is -0.508 e. The molecule has 0 saturated heterocycles. The SMILES string of the molecule is Nc1cncc(-c2cc3c(-c4cc5c(-c6cc(O)cc(F)c6)cccc5[nH]4)n[nH]c3cn2)c1. The van der Waals surface area contributed by atoms with Gasteiger partial charge < -0.3 is 15.8 Å². The number of fused-ring (bicyclic) bond motifs is 2. The number of phenols is 1. The molecule has 0 aliphatic heterocycles. The number of anilines is 1. The summed E-state index contributed by atoms with van der Waals surface area (Å²) in [5.74, 6) is -0.612. The highest BCUT2D eigenvalue weighted by molar-refractivity contribution is 6.01. The van der Waals surface area contributed by atoms with Crippen molar-refractivity contribution >= 4 is 27.5 Å². The molecule has 6 rings (SSSR count). The normalized spacial score (nSPS) is 11.4. The molecule has 8 heteroatoms. The Morgan fingerprint density at radius 1 is 0.879 bits per heavy atom. The van der Waals surface area contributed by atoms with E-state index in [1.807, 2.05) is 36.4 Å². The predicted molar refractivity (Wildman–Crippen MR) is 126 cm³/mol. The van der Waals surface area contributed by atoms with Gasteiger partial charge in [-0.05, 0) is 47.5 Å². The minimum atomic E-state index is -0.493. The fraction of sp³-hybridized carbons (Fsp3) is 0. The van der Waals surface area contributed by atoms with Crippen LogP contribution in [0.3, 0.4) is 0 Å². The number of nitrogens with one attached hydrogen (secondary N) is 2. The Bertz CT molecular complexity index is 1650. The van der Waals surface area contributed by atoms with Crippen LogP contribution in [-0.2, 0) is 0 Å². The molecule has 0 radical (unpaired) electrons. The summed E-state index contributed by atoms with van der Waals surface area (Å²) in [6.45, 7) is 0. The number of aromatic amines is 2. The Morgan fingerprint density at radius 2 is 1.79 bits per heavy atom. The molecule has 2 aromatic carbocycles. The van der Waals surface area contributed by atoms with Crippen LogP contribution in [0.25, 0.3) is 55.6 Å². The summed E-state index contributed by atoms with van der Waals surface area (Å²) in [6.07, 6.45) is 5.04. The van der Waals surface area contributed by atoms with E-state index < -0.39 is 5.82 Å². The summed E-state index contributed by atoms with van der Waals surface area (Å²) in [5.41, 5.74) is 12.6. The van der Waals surface area contributed by atoms with Gasteiger partial charge in [0.2, 0.25) is 0 Å². The second-order valence-electron chi connectivity index (χ2n) is 7.84. The number of nitrogen functional groups attached to an aromatic ring is 1. The third-order valence-corrected chi connectivity index (χ3v) is 5.62. The van der Waals surface area contributed by atoms with Crippen LogP contribution in [0.2, 0.25) is 0 Å². The van der Waals surface area contributed by atoms with Crippen molar-refractivity contribution in [2.24, 2.45) is 0 Å². The number of pyridine rings is 2. The maximum absolute atomic E-state index is 13.9. The molecule has 0 aliphatic rings. The largest absolute Gasteiger partial charge is 0.508 e. The Morgan fingerprint density at radius 3 is 2.64 bits per heavy atom. The monoisotopic (exact) mass is 436 g/mol. The average molecular weight is 436 g/mol. The van der Waals surface area contributed by atoms with Gasteiger partial charge in [0.05, 0.1) is 28.8 Å². The maximum atomic E-state index is 13.9. The lowest BCUT2D eigenvalue weighted by atomic mass is 10.0. The predicted octanol–water partition coefficient (Wildman–Crippen LogP) is 5.26. The number of benzene rings is 2. The van der Waals surface area contributed by atoms with Crippen LogP contribution in [0.1, 0.15) is 0 Å². The maximum Gasteiger partial charge on any atom is 0.127 e. The highest BCUT2D eigenvalue weighted by atomic mass is 19.1. The average Bonchev–Trinajstić information content (AvgIpc) is 3.41. The van der Waals surface area contributed by atoms with Gasteiger partial charge in [0, 0.05) is 40.3 Å². The van der Waals surface area contributed by atoms with E-state index in [0.717, 1.165) is 56.1 Å². The van der Waals surface area contributed by atoms with Crippen molar-refractivity contribution in [1.82, 2.24) is 25.1 Å².